The van der Waals surface area contributed by atoms with Crippen molar-refractivity contribution < 1.29 is 18.0 Å². The molecule has 0 amide bonds. The number of hydrogen-bond donors (Lipinski definition) is 0. The first-order valence-electron chi connectivity index (χ1n) is 6.19. The van der Waals surface area contributed by atoms with Gasteiger partial charge in [-0.15, -0.1) is 23.2 Å². The van der Waals surface area contributed by atoms with Crippen molar-refractivity contribution in [1.82, 2.24) is 4.47 Å². The maximum atomic E-state index is 12.4. The van der Waals surface area contributed by atoms with E-state index in [1.165, 1.54) is 0 Å². The van der Waals surface area contributed by atoms with E-state index in [0.29, 0.717) is 12.8 Å². The van der Waals surface area contributed by atoms with Gasteiger partial charge in [0.1, 0.15) is 10.6 Å². The lowest BCUT2D eigenvalue weighted by Crippen LogP contribution is -2.47. The molecule has 3 rings (SSSR count). The molecule has 0 spiro atoms. The van der Waals surface area contributed by atoms with Crippen LogP contribution in [0.5, 0.6) is 0 Å². The Labute approximate surface area is 122 Å². The van der Waals surface area contributed by atoms with Crippen LogP contribution in [0.15, 0.2) is 0 Å². The first-order valence-corrected chi connectivity index (χ1v) is 8.67. The largest absolute Gasteiger partial charge is 0.299 e. The summed E-state index contributed by atoms with van der Waals surface area (Å²) in [5.41, 5.74) is -1.63. The van der Waals surface area contributed by atoms with E-state index in [0.717, 1.165) is 10.9 Å². The van der Waals surface area contributed by atoms with Gasteiger partial charge in [0.2, 0.25) is 10.0 Å². The van der Waals surface area contributed by atoms with Crippen LogP contribution in [-0.4, -0.2) is 36.0 Å². The maximum absolute atomic E-state index is 12.4. The zero-order chi connectivity index (χ0) is 14.1. The number of sulfonamides is 1. The van der Waals surface area contributed by atoms with Crippen molar-refractivity contribution in [2.45, 2.75) is 31.0 Å². The number of ketones is 1. The van der Waals surface area contributed by atoms with Crippen LogP contribution in [0.25, 0.3) is 0 Å². The minimum absolute atomic E-state index is 0.0250. The van der Waals surface area contributed by atoms with Gasteiger partial charge in [0, 0.05) is 11.8 Å². The molecule has 108 valence electrons. The highest BCUT2D eigenvalue weighted by atomic mass is 35.5. The molecule has 5 nitrogen and oxygen atoms in total. The molecule has 0 aromatic rings. The van der Waals surface area contributed by atoms with Crippen molar-refractivity contribution in [2.75, 3.05) is 12.5 Å². The average molecular weight is 328 g/mol. The number of hydroxylamine groups is 1. The first-order chi connectivity index (χ1) is 8.74. The number of carbonyl (C=O) groups is 1. The van der Waals surface area contributed by atoms with E-state index in [4.69, 9.17) is 28.0 Å². The normalized spacial score (nSPS) is 45.2. The predicted molar refractivity (Wildman–Crippen MR) is 70.0 cm³/mol. The van der Waals surface area contributed by atoms with Crippen LogP contribution in [-0.2, 0) is 19.7 Å². The third-order valence-electron chi connectivity index (χ3n) is 5.19. The molecule has 1 unspecified atom stereocenters. The van der Waals surface area contributed by atoms with Gasteiger partial charge in [0.25, 0.3) is 0 Å². The third-order valence-corrected chi connectivity index (χ3v) is 7.79. The van der Waals surface area contributed by atoms with E-state index in [1.807, 2.05) is 6.92 Å². The highest BCUT2D eigenvalue weighted by Gasteiger charge is 2.70. The van der Waals surface area contributed by atoms with Crippen LogP contribution >= 0.6 is 23.2 Å². The Kier molecular flexibility index (Phi) is 3.02. The second-order valence-electron chi connectivity index (χ2n) is 5.85. The Morgan fingerprint density at radius 2 is 2.16 bits per heavy atom. The van der Waals surface area contributed by atoms with Crippen LogP contribution in [0.4, 0.5) is 0 Å². The summed E-state index contributed by atoms with van der Waals surface area (Å²) in [6.45, 7) is 1.91. The second kappa shape index (κ2) is 4.07. The Morgan fingerprint density at radius 3 is 2.63 bits per heavy atom. The standard InChI is InChI=1S/C11H15Cl2NO4S/c1-10(9(12)13)7-2-3-11(10,8(15)4-7)5-19(16,17)14-6-18-14/h7,9H,2-6H2,1H3/t7-,10-,11-,14?/m1/s1. The third kappa shape index (κ3) is 1.73. The van der Waals surface area contributed by atoms with Crippen LogP contribution in [0.2, 0.25) is 0 Å². The van der Waals surface area contributed by atoms with Gasteiger partial charge in [-0.05, 0) is 18.8 Å². The lowest BCUT2D eigenvalue weighted by atomic mass is 9.70. The molecule has 2 aliphatic carbocycles. The lowest BCUT2D eigenvalue weighted by Gasteiger charge is -2.40. The fourth-order valence-corrected chi connectivity index (χ4v) is 6.34. The quantitative estimate of drug-likeness (QED) is 0.582. The second-order valence-corrected chi connectivity index (χ2v) is 8.80. The maximum Gasteiger partial charge on any atom is 0.239 e. The van der Waals surface area contributed by atoms with Crippen molar-refractivity contribution in [3.63, 3.8) is 0 Å². The van der Waals surface area contributed by atoms with Crippen LogP contribution in [0.3, 0.4) is 0 Å². The van der Waals surface area contributed by atoms with Gasteiger partial charge in [-0.1, -0.05) is 11.4 Å². The van der Waals surface area contributed by atoms with Crippen LogP contribution < -0.4 is 0 Å². The van der Waals surface area contributed by atoms with E-state index in [1.54, 1.807) is 0 Å². The molecule has 1 aliphatic heterocycles. The number of carbonyl (C=O) groups excluding carboxylic acids is 1. The highest BCUT2D eigenvalue weighted by Crippen LogP contribution is 2.67. The van der Waals surface area contributed by atoms with Crippen molar-refractivity contribution in [2.24, 2.45) is 16.7 Å². The summed E-state index contributed by atoms with van der Waals surface area (Å²) in [4.78, 5) is 16.3. The molecule has 0 radical (unpaired) electrons. The minimum Gasteiger partial charge on any atom is -0.299 e. The predicted octanol–water partition coefficient (Wildman–Crippen LogP) is 1.70. The summed E-state index contributed by atoms with van der Waals surface area (Å²) in [6, 6.07) is 0. The fraction of sp³-hybridized carbons (Fsp3) is 0.909. The molecule has 0 aromatic carbocycles. The monoisotopic (exact) mass is 327 g/mol. The Morgan fingerprint density at radius 1 is 1.53 bits per heavy atom. The van der Waals surface area contributed by atoms with E-state index < -0.39 is 25.7 Å². The molecule has 1 saturated heterocycles. The van der Waals surface area contributed by atoms with E-state index in [9.17, 15) is 13.2 Å². The summed E-state index contributed by atoms with van der Waals surface area (Å²) in [5.74, 6) is -0.199. The Balaban J connectivity index is 2.02. The van der Waals surface area contributed by atoms with E-state index in [2.05, 4.69) is 0 Å². The van der Waals surface area contributed by atoms with Crippen molar-refractivity contribution >= 4 is 39.0 Å². The van der Waals surface area contributed by atoms with Gasteiger partial charge in [-0.25, -0.2) is 8.42 Å². The lowest BCUT2D eigenvalue weighted by molar-refractivity contribution is -0.128. The van der Waals surface area contributed by atoms with Crippen molar-refractivity contribution in [3.05, 3.63) is 0 Å². The van der Waals surface area contributed by atoms with Gasteiger partial charge in [0.05, 0.1) is 11.2 Å². The molecule has 8 heteroatoms. The Bertz CT molecular complexity index is 533. The van der Waals surface area contributed by atoms with Crippen LogP contribution in [0, 0.1) is 16.7 Å². The number of Topliss-reactive ketones (excluding diaryl/α,β-unsaturated/α-hetero) is 1. The summed E-state index contributed by atoms with van der Waals surface area (Å²) in [5, 5.41) is 0. The molecule has 2 bridgehead atoms. The smallest absolute Gasteiger partial charge is 0.239 e. The number of hydrogen-bond acceptors (Lipinski definition) is 4. The van der Waals surface area contributed by atoms with Gasteiger partial charge in [-0.3, -0.25) is 9.63 Å². The molecule has 3 aliphatic rings. The molecule has 0 aromatic heterocycles. The molecule has 2 saturated carbocycles. The molecule has 3 fully saturated rings. The summed E-state index contributed by atoms with van der Waals surface area (Å²) >= 11 is 12.2. The number of fused-ring (bicyclic) bond motifs is 2. The molecular formula is C11H15Cl2NO4S. The number of nitrogens with zero attached hydrogens (tertiary/aromatic N) is 1. The topological polar surface area (TPSA) is 66.8 Å². The van der Waals surface area contributed by atoms with Crippen molar-refractivity contribution in [1.29, 1.82) is 0 Å². The number of alkyl halides is 2. The van der Waals surface area contributed by atoms with Gasteiger partial charge >= 0.3 is 0 Å². The highest BCUT2D eigenvalue weighted by molar-refractivity contribution is 7.89. The first kappa shape index (κ1) is 14.1. The van der Waals surface area contributed by atoms with Gasteiger partial charge < -0.3 is 0 Å². The average Bonchev–Trinajstić information content (AvgIpc) is 3.09. The zero-order valence-electron chi connectivity index (χ0n) is 10.4. The molecular weight excluding hydrogens is 313 g/mol. The fourth-order valence-electron chi connectivity index (χ4n) is 3.82. The van der Waals surface area contributed by atoms with Crippen molar-refractivity contribution in [3.8, 4) is 0 Å². The van der Waals surface area contributed by atoms with E-state index >= 15 is 0 Å². The summed E-state index contributed by atoms with van der Waals surface area (Å²) in [6.07, 6.45) is 1.72. The molecule has 19 heavy (non-hydrogen) atoms. The van der Waals surface area contributed by atoms with Gasteiger partial charge in [0.15, 0.2) is 6.73 Å². The Hall–Kier alpha value is 0.120. The SMILES string of the molecule is C[C@]1(C(Cl)Cl)[C@@H]2CC[C@@]1(CS(=O)(=O)N1CO1)C(=O)C2. The molecule has 1 heterocycles. The van der Waals surface area contributed by atoms with Gasteiger partial charge in [-0.2, -0.15) is 0 Å². The van der Waals surface area contributed by atoms with E-state index in [-0.39, 0.29) is 24.2 Å². The summed E-state index contributed by atoms with van der Waals surface area (Å²) in [7, 11) is -3.58. The summed E-state index contributed by atoms with van der Waals surface area (Å²) < 4.78 is 25.2. The van der Waals surface area contributed by atoms with Crippen LogP contribution in [0.1, 0.15) is 26.2 Å². The number of halogens is 2. The molecule has 4 atom stereocenters. The number of rotatable bonds is 4. The minimum atomic E-state index is -3.58. The zero-order valence-corrected chi connectivity index (χ0v) is 12.8. The molecule has 0 N–H and O–H groups in total.